The van der Waals surface area contributed by atoms with Gasteiger partial charge in [0.25, 0.3) is 11.8 Å². The lowest BCUT2D eigenvalue weighted by atomic mass is 10.0. The molecule has 2 aromatic carbocycles. The monoisotopic (exact) mass is 452 g/mol. The van der Waals surface area contributed by atoms with Crippen LogP contribution in [0, 0.1) is 0 Å². The standard InChI is InChI=1S/C24H16N6O4/c31-20-9-8-19(22(32)26-20)30-23(33)15-6-3-7-18(21(15)24(30)34)29-12-17(27-28-29)16-11-25-10-13-4-1-2-5-14(13)16/h1-7,10-12,19H,8-9H2,(H,26,31,32). The van der Waals surface area contributed by atoms with Gasteiger partial charge in [-0.2, -0.15) is 0 Å². The Morgan fingerprint density at radius 2 is 1.76 bits per heavy atom. The van der Waals surface area contributed by atoms with E-state index in [1.807, 2.05) is 24.3 Å². The third kappa shape index (κ3) is 2.92. The highest BCUT2D eigenvalue weighted by atomic mass is 16.2. The molecule has 4 aromatic rings. The molecule has 1 saturated heterocycles. The Morgan fingerprint density at radius 1 is 0.912 bits per heavy atom. The van der Waals surface area contributed by atoms with Crippen molar-refractivity contribution >= 4 is 34.4 Å². The quantitative estimate of drug-likeness (QED) is 0.470. The lowest BCUT2D eigenvalue weighted by Gasteiger charge is -2.27. The third-order valence-electron chi connectivity index (χ3n) is 6.13. The van der Waals surface area contributed by atoms with E-state index >= 15 is 0 Å². The number of rotatable bonds is 3. The zero-order valence-corrected chi connectivity index (χ0v) is 17.6. The van der Waals surface area contributed by atoms with Crippen LogP contribution in [0.1, 0.15) is 33.6 Å². The lowest BCUT2D eigenvalue weighted by Crippen LogP contribution is -2.54. The molecule has 34 heavy (non-hydrogen) atoms. The van der Waals surface area contributed by atoms with Gasteiger partial charge in [0, 0.05) is 29.8 Å². The molecule has 166 valence electrons. The van der Waals surface area contributed by atoms with Crippen molar-refractivity contribution in [3.8, 4) is 16.9 Å². The number of amides is 4. The summed E-state index contributed by atoms with van der Waals surface area (Å²) in [4.78, 5) is 55.5. The van der Waals surface area contributed by atoms with E-state index in [-0.39, 0.29) is 24.0 Å². The molecule has 2 aromatic heterocycles. The number of pyridine rings is 1. The number of aromatic nitrogens is 4. The van der Waals surface area contributed by atoms with Crippen molar-refractivity contribution < 1.29 is 19.2 Å². The normalized spacial score (nSPS) is 17.9. The fraction of sp³-hybridized carbons (Fsp3) is 0.125. The van der Waals surface area contributed by atoms with Gasteiger partial charge in [0.15, 0.2) is 0 Å². The average molecular weight is 452 g/mol. The van der Waals surface area contributed by atoms with Crippen LogP contribution in [-0.2, 0) is 9.59 Å². The molecule has 1 fully saturated rings. The van der Waals surface area contributed by atoms with Crippen LogP contribution in [0.25, 0.3) is 27.7 Å². The maximum absolute atomic E-state index is 13.3. The average Bonchev–Trinajstić information content (AvgIpc) is 3.43. The molecule has 6 rings (SSSR count). The van der Waals surface area contributed by atoms with E-state index in [4.69, 9.17) is 0 Å². The first-order chi connectivity index (χ1) is 16.5. The first kappa shape index (κ1) is 19.9. The zero-order valence-electron chi connectivity index (χ0n) is 17.6. The van der Waals surface area contributed by atoms with E-state index in [9.17, 15) is 19.2 Å². The molecule has 1 atom stereocenters. The molecular weight excluding hydrogens is 436 g/mol. The smallest absolute Gasteiger partial charge is 0.264 e. The molecule has 0 spiro atoms. The summed E-state index contributed by atoms with van der Waals surface area (Å²) in [5.41, 5.74) is 2.03. The summed E-state index contributed by atoms with van der Waals surface area (Å²) in [5, 5.41) is 12.6. The van der Waals surface area contributed by atoms with Gasteiger partial charge in [-0.25, -0.2) is 4.68 Å². The Labute approximate surface area is 192 Å². The second kappa shape index (κ2) is 7.41. The van der Waals surface area contributed by atoms with Gasteiger partial charge in [0.1, 0.15) is 11.7 Å². The minimum atomic E-state index is -1.04. The number of carbonyl (C=O) groups is 4. The van der Waals surface area contributed by atoms with Gasteiger partial charge < -0.3 is 0 Å². The van der Waals surface area contributed by atoms with Gasteiger partial charge in [-0.1, -0.05) is 35.5 Å². The van der Waals surface area contributed by atoms with Crippen molar-refractivity contribution in [1.82, 2.24) is 30.2 Å². The number of hydrogen-bond acceptors (Lipinski definition) is 7. The Hall–Kier alpha value is -4.73. The first-order valence-electron chi connectivity index (χ1n) is 10.6. The van der Waals surface area contributed by atoms with Crippen LogP contribution in [0.2, 0.25) is 0 Å². The van der Waals surface area contributed by atoms with Crippen molar-refractivity contribution in [2.45, 2.75) is 18.9 Å². The van der Waals surface area contributed by atoms with Crippen LogP contribution in [0.5, 0.6) is 0 Å². The number of piperidine rings is 1. The van der Waals surface area contributed by atoms with E-state index in [2.05, 4.69) is 20.6 Å². The molecule has 1 N–H and O–H groups in total. The zero-order chi connectivity index (χ0) is 23.4. The second-order valence-corrected chi connectivity index (χ2v) is 8.10. The first-order valence-corrected chi connectivity index (χ1v) is 10.6. The number of hydrogen-bond donors (Lipinski definition) is 1. The number of nitrogens with zero attached hydrogens (tertiary/aromatic N) is 5. The van der Waals surface area contributed by atoms with E-state index in [0.717, 1.165) is 21.2 Å². The van der Waals surface area contributed by atoms with Crippen molar-refractivity contribution in [3.63, 3.8) is 0 Å². The van der Waals surface area contributed by atoms with Crippen molar-refractivity contribution in [2.75, 3.05) is 0 Å². The summed E-state index contributed by atoms with van der Waals surface area (Å²) in [6, 6.07) is 11.6. The van der Waals surface area contributed by atoms with Crippen molar-refractivity contribution in [2.24, 2.45) is 0 Å². The Kier molecular flexibility index (Phi) is 4.34. The Bertz CT molecular complexity index is 1540. The molecule has 4 heterocycles. The number of carbonyl (C=O) groups excluding carboxylic acids is 4. The Morgan fingerprint density at radius 3 is 2.62 bits per heavy atom. The van der Waals surface area contributed by atoms with Crippen LogP contribution in [0.4, 0.5) is 0 Å². The minimum Gasteiger partial charge on any atom is -0.295 e. The number of nitrogens with one attached hydrogen (secondary N) is 1. The predicted molar refractivity (Wildman–Crippen MR) is 119 cm³/mol. The van der Waals surface area contributed by atoms with Crippen LogP contribution in [-0.4, -0.2) is 54.5 Å². The van der Waals surface area contributed by atoms with E-state index in [1.54, 1.807) is 30.7 Å². The van der Waals surface area contributed by atoms with Crippen LogP contribution in [0.15, 0.2) is 61.1 Å². The molecule has 4 amide bonds. The van der Waals surface area contributed by atoms with Gasteiger partial charge >= 0.3 is 0 Å². The number of imide groups is 2. The van der Waals surface area contributed by atoms with Gasteiger partial charge in [0.05, 0.1) is 23.0 Å². The molecule has 0 saturated carbocycles. The molecule has 1 unspecified atom stereocenters. The fourth-order valence-electron chi connectivity index (χ4n) is 4.51. The Balaban J connectivity index is 1.41. The minimum absolute atomic E-state index is 0.0577. The van der Waals surface area contributed by atoms with Gasteiger partial charge in [0.2, 0.25) is 11.8 Å². The summed E-state index contributed by atoms with van der Waals surface area (Å²) in [6.07, 6.45) is 5.29. The maximum Gasteiger partial charge on any atom is 0.264 e. The summed E-state index contributed by atoms with van der Waals surface area (Å²) >= 11 is 0. The van der Waals surface area contributed by atoms with Gasteiger partial charge in [-0.05, 0) is 23.9 Å². The molecule has 10 nitrogen and oxygen atoms in total. The lowest BCUT2D eigenvalue weighted by molar-refractivity contribution is -0.136. The summed E-state index contributed by atoms with van der Waals surface area (Å²) in [5.74, 6) is -2.25. The van der Waals surface area contributed by atoms with E-state index in [1.165, 1.54) is 10.7 Å². The van der Waals surface area contributed by atoms with Crippen LogP contribution in [0.3, 0.4) is 0 Å². The SMILES string of the molecule is O=C1CCC(N2C(=O)c3cccc(-n4cc(-c5cncc6ccccc56)nn4)c3C2=O)C(=O)N1. The highest BCUT2D eigenvalue weighted by Gasteiger charge is 2.45. The number of benzene rings is 2. The largest absolute Gasteiger partial charge is 0.295 e. The van der Waals surface area contributed by atoms with Crippen LogP contribution < -0.4 is 5.32 Å². The molecule has 2 aliphatic rings. The van der Waals surface area contributed by atoms with Gasteiger partial charge in [-0.15, -0.1) is 5.10 Å². The number of fused-ring (bicyclic) bond motifs is 2. The summed E-state index contributed by atoms with van der Waals surface area (Å²) in [6.45, 7) is 0. The molecule has 2 aliphatic heterocycles. The van der Waals surface area contributed by atoms with E-state index in [0.29, 0.717) is 11.4 Å². The summed E-state index contributed by atoms with van der Waals surface area (Å²) in [7, 11) is 0. The molecule has 0 bridgehead atoms. The third-order valence-corrected chi connectivity index (χ3v) is 6.13. The predicted octanol–water partition coefficient (Wildman–Crippen LogP) is 1.88. The van der Waals surface area contributed by atoms with Gasteiger partial charge in [-0.3, -0.25) is 34.4 Å². The molecular formula is C24H16N6O4. The molecule has 10 heteroatoms. The van der Waals surface area contributed by atoms with Crippen molar-refractivity contribution in [3.05, 3.63) is 72.2 Å². The molecule has 0 aliphatic carbocycles. The van der Waals surface area contributed by atoms with Crippen molar-refractivity contribution in [1.29, 1.82) is 0 Å². The topological polar surface area (TPSA) is 127 Å². The molecule has 0 radical (unpaired) electrons. The second-order valence-electron chi connectivity index (χ2n) is 8.10. The van der Waals surface area contributed by atoms with E-state index < -0.39 is 29.7 Å². The highest BCUT2D eigenvalue weighted by molar-refractivity contribution is 6.24. The fourth-order valence-corrected chi connectivity index (χ4v) is 4.51. The maximum atomic E-state index is 13.3. The van der Waals surface area contributed by atoms with Crippen LogP contribution >= 0.6 is 0 Å². The summed E-state index contributed by atoms with van der Waals surface area (Å²) < 4.78 is 1.44. The highest BCUT2D eigenvalue weighted by Crippen LogP contribution is 2.32.